The van der Waals surface area contributed by atoms with Crippen LogP contribution in [0.15, 0.2) is 46.9 Å². The third kappa shape index (κ3) is 3.47. The first kappa shape index (κ1) is 14.6. The van der Waals surface area contributed by atoms with E-state index in [1.807, 2.05) is 12.1 Å². The number of hydrogen-bond acceptors (Lipinski definition) is 2. The van der Waals surface area contributed by atoms with E-state index in [1.165, 1.54) is 16.7 Å². The molecule has 2 aromatic rings. The van der Waals surface area contributed by atoms with Gasteiger partial charge in [0.1, 0.15) is 11.9 Å². The van der Waals surface area contributed by atoms with E-state index in [2.05, 4.69) is 65.4 Å². The van der Waals surface area contributed by atoms with E-state index in [4.69, 9.17) is 4.74 Å². The third-order valence-electron chi connectivity index (χ3n) is 3.96. The monoisotopic (exact) mass is 345 g/mol. The standard InChI is InChI=1S/C18H20BrNO/c1-12-4-3-5-14(8-12)13(2)20-11-17-10-15-9-16(19)6-7-18(15)21-17/h3-9,13,17,20H,10-11H2,1-2H3/t13-,17?/m1/s1. The highest BCUT2D eigenvalue weighted by Crippen LogP contribution is 2.31. The van der Waals surface area contributed by atoms with Gasteiger partial charge in [-0.1, -0.05) is 45.8 Å². The van der Waals surface area contributed by atoms with Crippen molar-refractivity contribution in [1.29, 1.82) is 0 Å². The van der Waals surface area contributed by atoms with E-state index >= 15 is 0 Å². The van der Waals surface area contributed by atoms with E-state index in [-0.39, 0.29) is 6.10 Å². The molecule has 0 bridgehead atoms. The number of halogens is 1. The Kier molecular flexibility index (Phi) is 4.32. The molecule has 1 N–H and O–H groups in total. The summed E-state index contributed by atoms with van der Waals surface area (Å²) < 4.78 is 7.11. The molecule has 2 nitrogen and oxygen atoms in total. The maximum atomic E-state index is 5.99. The largest absolute Gasteiger partial charge is 0.488 e. The predicted molar refractivity (Wildman–Crippen MR) is 89.9 cm³/mol. The van der Waals surface area contributed by atoms with E-state index in [0.29, 0.717) is 6.04 Å². The number of nitrogens with one attached hydrogen (secondary N) is 1. The number of hydrogen-bond donors (Lipinski definition) is 1. The van der Waals surface area contributed by atoms with Gasteiger partial charge >= 0.3 is 0 Å². The molecule has 0 saturated carbocycles. The van der Waals surface area contributed by atoms with Crippen molar-refractivity contribution >= 4 is 15.9 Å². The van der Waals surface area contributed by atoms with Crippen molar-refractivity contribution in [2.75, 3.05) is 6.54 Å². The Morgan fingerprint density at radius 2 is 2.14 bits per heavy atom. The fourth-order valence-electron chi connectivity index (χ4n) is 2.77. The highest BCUT2D eigenvalue weighted by Gasteiger charge is 2.23. The fraction of sp³-hybridized carbons (Fsp3) is 0.333. The molecule has 0 amide bonds. The molecule has 2 aromatic carbocycles. The zero-order valence-corrected chi connectivity index (χ0v) is 14.0. The summed E-state index contributed by atoms with van der Waals surface area (Å²) in [5.74, 6) is 1.02. The second-order valence-corrected chi connectivity index (χ2v) is 6.66. The molecule has 1 unspecified atom stereocenters. The van der Waals surface area contributed by atoms with Crippen molar-refractivity contribution in [3.05, 3.63) is 63.6 Å². The summed E-state index contributed by atoms with van der Waals surface area (Å²) in [4.78, 5) is 0. The molecule has 0 aliphatic carbocycles. The summed E-state index contributed by atoms with van der Waals surface area (Å²) in [6, 6.07) is 15.2. The Hall–Kier alpha value is -1.32. The molecular weight excluding hydrogens is 326 g/mol. The molecular formula is C18H20BrNO. The highest BCUT2D eigenvalue weighted by atomic mass is 79.9. The van der Waals surface area contributed by atoms with Gasteiger partial charge < -0.3 is 10.1 Å². The smallest absolute Gasteiger partial charge is 0.123 e. The van der Waals surface area contributed by atoms with Crippen LogP contribution >= 0.6 is 15.9 Å². The van der Waals surface area contributed by atoms with Gasteiger partial charge in [0.2, 0.25) is 0 Å². The van der Waals surface area contributed by atoms with E-state index in [9.17, 15) is 0 Å². The Morgan fingerprint density at radius 1 is 1.29 bits per heavy atom. The highest BCUT2D eigenvalue weighted by molar-refractivity contribution is 9.10. The molecule has 1 aliphatic heterocycles. The Bertz CT molecular complexity index is 641. The van der Waals surface area contributed by atoms with Gasteiger partial charge in [0, 0.05) is 23.5 Å². The van der Waals surface area contributed by atoms with Gasteiger partial charge in [-0.15, -0.1) is 0 Å². The van der Waals surface area contributed by atoms with Crippen LogP contribution in [0.5, 0.6) is 5.75 Å². The van der Waals surface area contributed by atoms with Gasteiger partial charge in [0.05, 0.1) is 0 Å². The van der Waals surface area contributed by atoms with Crippen molar-refractivity contribution in [3.8, 4) is 5.75 Å². The number of benzene rings is 2. The molecule has 110 valence electrons. The summed E-state index contributed by atoms with van der Waals surface area (Å²) in [7, 11) is 0. The minimum Gasteiger partial charge on any atom is -0.488 e. The lowest BCUT2D eigenvalue weighted by Gasteiger charge is -2.18. The van der Waals surface area contributed by atoms with Crippen LogP contribution in [0.25, 0.3) is 0 Å². The topological polar surface area (TPSA) is 21.3 Å². The van der Waals surface area contributed by atoms with Crippen molar-refractivity contribution in [2.45, 2.75) is 32.4 Å². The van der Waals surface area contributed by atoms with Gasteiger partial charge in [-0.05, 0) is 43.2 Å². The van der Waals surface area contributed by atoms with Crippen LogP contribution in [-0.4, -0.2) is 12.6 Å². The van der Waals surface area contributed by atoms with Gasteiger partial charge in [-0.3, -0.25) is 0 Å². The summed E-state index contributed by atoms with van der Waals surface area (Å²) in [6.45, 7) is 5.19. The summed E-state index contributed by atoms with van der Waals surface area (Å²) in [5.41, 5.74) is 3.92. The van der Waals surface area contributed by atoms with Crippen LogP contribution < -0.4 is 10.1 Å². The van der Waals surface area contributed by atoms with Crippen LogP contribution in [0.1, 0.15) is 29.7 Å². The molecule has 0 spiro atoms. The maximum Gasteiger partial charge on any atom is 0.123 e. The van der Waals surface area contributed by atoms with Crippen LogP contribution in [0.3, 0.4) is 0 Å². The number of aryl methyl sites for hydroxylation is 1. The second kappa shape index (κ2) is 6.20. The normalized spacial score (nSPS) is 18.1. The molecule has 0 aromatic heterocycles. The molecule has 1 heterocycles. The summed E-state index contributed by atoms with van der Waals surface area (Å²) >= 11 is 3.51. The molecule has 21 heavy (non-hydrogen) atoms. The first-order chi connectivity index (χ1) is 10.1. The quantitative estimate of drug-likeness (QED) is 0.885. The Labute approximate surface area is 134 Å². The molecule has 0 radical (unpaired) electrons. The average molecular weight is 346 g/mol. The summed E-state index contributed by atoms with van der Waals surface area (Å²) in [6.07, 6.45) is 1.20. The average Bonchev–Trinajstić information content (AvgIpc) is 2.86. The molecule has 3 rings (SSSR count). The van der Waals surface area contributed by atoms with E-state index < -0.39 is 0 Å². The zero-order valence-electron chi connectivity index (χ0n) is 12.4. The number of rotatable bonds is 4. The zero-order chi connectivity index (χ0) is 14.8. The lowest BCUT2D eigenvalue weighted by atomic mass is 10.1. The van der Waals surface area contributed by atoms with E-state index in [1.54, 1.807) is 0 Å². The van der Waals surface area contributed by atoms with Crippen molar-refractivity contribution in [3.63, 3.8) is 0 Å². The molecule has 0 saturated heterocycles. The SMILES string of the molecule is Cc1cccc([C@@H](C)NCC2Cc3cc(Br)ccc3O2)c1. The van der Waals surface area contributed by atoms with Crippen molar-refractivity contribution in [2.24, 2.45) is 0 Å². The van der Waals surface area contributed by atoms with Gasteiger partial charge in [-0.2, -0.15) is 0 Å². The minimum atomic E-state index is 0.224. The van der Waals surface area contributed by atoms with Crippen LogP contribution in [-0.2, 0) is 6.42 Å². The van der Waals surface area contributed by atoms with Gasteiger partial charge in [0.15, 0.2) is 0 Å². The first-order valence-corrected chi connectivity index (χ1v) is 8.16. The van der Waals surface area contributed by atoms with Gasteiger partial charge in [-0.25, -0.2) is 0 Å². The fourth-order valence-corrected chi connectivity index (χ4v) is 3.18. The van der Waals surface area contributed by atoms with Crippen LogP contribution in [0, 0.1) is 6.92 Å². The second-order valence-electron chi connectivity index (χ2n) is 5.74. The first-order valence-electron chi connectivity index (χ1n) is 7.37. The Morgan fingerprint density at radius 3 is 2.95 bits per heavy atom. The van der Waals surface area contributed by atoms with Gasteiger partial charge in [0.25, 0.3) is 0 Å². The lowest BCUT2D eigenvalue weighted by Crippen LogP contribution is -2.31. The van der Waals surface area contributed by atoms with E-state index in [0.717, 1.165) is 23.2 Å². The third-order valence-corrected chi connectivity index (χ3v) is 4.45. The lowest BCUT2D eigenvalue weighted by molar-refractivity contribution is 0.222. The minimum absolute atomic E-state index is 0.224. The molecule has 3 heteroatoms. The molecule has 0 fully saturated rings. The molecule has 1 aliphatic rings. The maximum absolute atomic E-state index is 5.99. The van der Waals surface area contributed by atoms with Crippen molar-refractivity contribution in [1.82, 2.24) is 5.32 Å². The number of fused-ring (bicyclic) bond motifs is 1. The Balaban J connectivity index is 1.57. The summed E-state index contributed by atoms with van der Waals surface area (Å²) in [5, 5.41) is 3.58. The number of ether oxygens (including phenoxy) is 1. The van der Waals surface area contributed by atoms with Crippen molar-refractivity contribution < 1.29 is 4.74 Å². The molecule has 2 atom stereocenters. The van der Waals surface area contributed by atoms with Crippen LogP contribution in [0.2, 0.25) is 0 Å². The van der Waals surface area contributed by atoms with Crippen LogP contribution in [0.4, 0.5) is 0 Å². The predicted octanol–water partition coefficient (Wildman–Crippen LogP) is 4.41.